The molecule has 0 unspecified atom stereocenters. The smallest absolute Gasteiger partial charge is 0.193 e. The van der Waals surface area contributed by atoms with E-state index in [9.17, 15) is 19.8 Å². The van der Waals surface area contributed by atoms with Crippen LogP contribution in [-0.4, -0.2) is 58.2 Å². The predicted molar refractivity (Wildman–Crippen MR) is 109 cm³/mol. The number of ketones is 2. The predicted octanol–water partition coefficient (Wildman–Crippen LogP) is 2.27. The average Bonchev–Trinajstić information content (AvgIpc) is 3.08. The summed E-state index contributed by atoms with van der Waals surface area (Å²) in [6, 6.07) is 0. The second kappa shape index (κ2) is 6.34. The topological polar surface area (TPSA) is 93.1 Å². The average molecular weight is 435 g/mol. The first-order chi connectivity index (χ1) is 14.4. The lowest BCUT2D eigenvalue weighted by molar-refractivity contribution is -0.226. The Morgan fingerprint density at radius 3 is 2.65 bits per heavy atom. The zero-order valence-electron chi connectivity index (χ0n) is 18.4. The fraction of sp³-hybridized carbons (Fsp3) is 0.750. The highest BCUT2D eigenvalue weighted by molar-refractivity contribution is 6.01. The van der Waals surface area contributed by atoms with Gasteiger partial charge in [-0.25, -0.2) is 4.39 Å². The normalized spacial score (nSPS) is 52.1. The van der Waals surface area contributed by atoms with E-state index in [1.807, 2.05) is 13.8 Å². The van der Waals surface area contributed by atoms with Gasteiger partial charge in [-0.05, 0) is 62.7 Å². The number of fused-ring (bicyclic) bond motifs is 7. The minimum Gasteiger partial charge on any atom is -0.393 e. The van der Waals surface area contributed by atoms with Crippen LogP contribution in [0, 0.1) is 28.6 Å². The molecule has 5 rings (SSSR count). The molecule has 31 heavy (non-hydrogen) atoms. The molecule has 0 amide bonds. The van der Waals surface area contributed by atoms with Crippen LogP contribution in [0.5, 0.6) is 0 Å². The van der Waals surface area contributed by atoms with Crippen LogP contribution >= 0.6 is 0 Å². The van der Waals surface area contributed by atoms with E-state index in [1.54, 1.807) is 19.9 Å². The number of carbonyl (C=O) groups excluding carboxylic acids is 2. The van der Waals surface area contributed by atoms with Gasteiger partial charge in [0.2, 0.25) is 0 Å². The summed E-state index contributed by atoms with van der Waals surface area (Å²) in [6.45, 7) is 6.65. The quantitative estimate of drug-likeness (QED) is 0.693. The first-order valence-electron chi connectivity index (χ1n) is 11.2. The Morgan fingerprint density at radius 2 is 1.97 bits per heavy atom. The number of carbonyl (C=O) groups is 2. The first-order valence-corrected chi connectivity index (χ1v) is 11.2. The van der Waals surface area contributed by atoms with Crippen molar-refractivity contribution in [3.8, 4) is 0 Å². The van der Waals surface area contributed by atoms with Gasteiger partial charge >= 0.3 is 0 Å². The van der Waals surface area contributed by atoms with Gasteiger partial charge in [0.1, 0.15) is 12.8 Å². The van der Waals surface area contributed by atoms with Crippen LogP contribution in [0.1, 0.15) is 47.0 Å². The number of hydrogen-bond donors (Lipinski definition) is 2. The molecule has 4 fully saturated rings. The molecule has 0 aromatic heterocycles. The van der Waals surface area contributed by atoms with E-state index in [1.165, 1.54) is 12.2 Å². The van der Waals surface area contributed by atoms with Crippen molar-refractivity contribution in [3.63, 3.8) is 0 Å². The van der Waals surface area contributed by atoms with Gasteiger partial charge in [0, 0.05) is 16.7 Å². The zero-order chi connectivity index (χ0) is 22.6. The SMILES string of the molecule is CC1(C)O[C@@H]2C[C@H]3[C@H]4C[C@H](F)C5=CC(=O)C=C[C@]5(C)[C@@H]4[C@H](O)C[C@]3(C)[C@]2(C(=O)CO)O1. The number of hydrogen-bond acceptors (Lipinski definition) is 6. The Bertz CT molecular complexity index is 910. The maximum Gasteiger partial charge on any atom is 0.193 e. The van der Waals surface area contributed by atoms with E-state index in [2.05, 4.69) is 0 Å². The minimum atomic E-state index is -1.37. The van der Waals surface area contributed by atoms with Crippen LogP contribution in [0.4, 0.5) is 4.39 Å². The van der Waals surface area contributed by atoms with Crippen molar-refractivity contribution < 1.29 is 33.7 Å². The Kier molecular flexibility index (Phi) is 4.38. The molecule has 0 spiro atoms. The molecular weight excluding hydrogens is 403 g/mol. The van der Waals surface area contributed by atoms with Crippen molar-refractivity contribution in [1.29, 1.82) is 0 Å². The minimum absolute atomic E-state index is 0.125. The summed E-state index contributed by atoms with van der Waals surface area (Å²) in [6.07, 6.45) is 2.90. The largest absolute Gasteiger partial charge is 0.393 e. The van der Waals surface area contributed by atoms with Gasteiger partial charge in [-0.2, -0.15) is 0 Å². The maximum absolute atomic E-state index is 15.4. The van der Waals surface area contributed by atoms with Crippen LogP contribution in [0.3, 0.4) is 0 Å². The van der Waals surface area contributed by atoms with Gasteiger partial charge in [-0.15, -0.1) is 0 Å². The van der Waals surface area contributed by atoms with Crippen molar-refractivity contribution in [2.24, 2.45) is 28.6 Å². The molecule has 0 aromatic carbocycles. The Hall–Kier alpha value is -1.41. The van der Waals surface area contributed by atoms with Crippen molar-refractivity contribution in [3.05, 3.63) is 23.8 Å². The molecule has 0 bridgehead atoms. The number of ether oxygens (including phenoxy) is 2. The number of rotatable bonds is 2. The number of aliphatic hydroxyl groups is 2. The summed E-state index contributed by atoms with van der Waals surface area (Å²) >= 11 is 0. The number of allylic oxidation sites excluding steroid dienone is 4. The van der Waals surface area contributed by atoms with Crippen LogP contribution < -0.4 is 0 Å². The lowest BCUT2D eigenvalue weighted by atomic mass is 9.46. The second-order valence-corrected chi connectivity index (χ2v) is 11.0. The molecule has 0 aromatic rings. The molecule has 9 atom stereocenters. The molecule has 5 aliphatic rings. The highest BCUT2D eigenvalue weighted by Crippen LogP contribution is 2.70. The highest BCUT2D eigenvalue weighted by Gasteiger charge is 2.77. The molecular formula is C24H31FO6. The van der Waals surface area contributed by atoms with Crippen molar-refractivity contribution in [1.82, 2.24) is 0 Å². The summed E-state index contributed by atoms with van der Waals surface area (Å²) in [5.74, 6) is -2.28. The molecule has 4 aliphatic carbocycles. The van der Waals surface area contributed by atoms with Gasteiger partial charge in [0.15, 0.2) is 23.0 Å². The third-order valence-corrected chi connectivity index (χ3v) is 9.03. The number of halogens is 1. The van der Waals surface area contributed by atoms with E-state index in [4.69, 9.17) is 9.47 Å². The van der Waals surface area contributed by atoms with Crippen LogP contribution in [-0.2, 0) is 19.1 Å². The van der Waals surface area contributed by atoms with Crippen LogP contribution in [0.15, 0.2) is 23.8 Å². The molecule has 170 valence electrons. The monoisotopic (exact) mass is 434 g/mol. The van der Waals surface area contributed by atoms with E-state index in [-0.39, 0.29) is 36.4 Å². The molecule has 7 heteroatoms. The van der Waals surface area contributed by atoms with Crippen molar-refractivity contribution in [2.75, 3.05) is 6.61 Å². The number of aliphatic hydroxyl groups excluding tert-OH is 2. The summed E-state index contributed by atoms with van der Waals surface area (Å²) in [7, 11) is 0. The van der Waals surface area contributed by atoms with Gasteiger partial charge in [-0.1, -0.05) is 19.9 Å². The van der Waals surface area contributed by atoms with Gasteiger partial charge in [0.05, 0.1) is 12.2 Å². The number of alkyl halides is 1. The van der Waals surface area contributed by atoms with Crippen LogP contribution in [0.25, 0.3) is 0 Å². The van der Waals surface area contributed by atoms with Crippen molar-refractivity contribution >= 4 is 11.6 Å². The third-order valence-electron chi connectivity index (χ3n) is 9.03. The molecule has 1 aliphatic heterocycles. The Balaban J connectivity index is 1.62. The molecule has 6 nitrogen and oxygen atoms in total. The van der Waals surface area contributed by atoms with E-state index in [0.29, 0.717) is 12.0 Å². The lowest BCUT2D eigenvalue weighted by Gasteiger charge is -2.60. The standard InChI is InChI=1S/C24H31FO6/c1-21(2)30-19-9-14-13-8-16(25)15-7-12(27)5-6-22(15,3)20(13)17(28)10-23(14,4)24(19,31-21)18(29)11-26/h5-7,13-14,16-17,19-20,26,28H,8-11H2,1-4H3/t13-,14+,16+,17-,19-,20+,22+,23+,24-/m1/s1. The maximum atomic E-state index is 15.4. The summed E-state index contributed by atoms with van der Waals surface area (Å²) in [4.78, 5) is 25.1. The fourth-order valence-corrected chi connectivity index (χ4v) is 8.05. The van der Waals surface area contributed by atoms with Gasteiger partial charge < -0.3 is 19.7 Å². The number of Topliss-reactive ketones (excluding diaryl/α,β-unsaturated/α-hetero) is 1. The van der Waals surface area contributed by atoms with Gasteiger partial charge in [0.25, 0.3) is 0 Å². The molecule has 0 radical (unpaired) electrons. The fourth-order valence-electron chi connectivity index (χ4n) is 8.05. The molecule has 2 N–H and O–H groups in total. The highest BCUT2D eigenvalue weighted by atomic mass is 19.1. The second-order valence-electron chi connectivity index (χ2n) is 11.0. The lowest BCUT2D eigenvalue weighted by Crippen LogP contribution is -2.64. The molecule has 1 saturated heterocycles. The summed E-state index contributed by atoms with van der Waals surface area (Å²) < 4.78 is 27.9. The van der Waals surface area contributed by atoms with Crippen LogP contribution in [0.2, 0.25) is 0 Å². The Morgan fingerprint density at radius 1 is 1.26 bits per heavy atom. The van der Waals surface area contributed by atoms with E-state index < -0.39 is 53.0 Å². The van der Waals surface area contributed by atoms with Crippen molar-refractivity contribution in [2.45, 2.75) is 76.7 Å². The zero-order valence-corrected chi connectivity index (χ0v) is 18.4. The third kappa shape index (κ3) is 2.52. The molecule has 1 heterocycles. The summed E-state index contributed by atoms with van der Waals surface area (Å²) in [5.41, 5.74) is -2.50. The summed E-state index contributed by atoms with van der Waals surface area (Å²) in [5, 5.41) is 21.3. The van der Waals surface area contributed by atoms with E-state index >= 15 is 4.39 Å². The van der Waals surface area contributed by atoms with E-state index in [0.717, 1.165) is 0 Å². The van der Waals surface area contributed by atoms with Gasteiger partial charge in [-0.3, -0.25) is 9.59 Å². The molecule has 3 saturated carbocycles. The first kappa shape index (κ1) is 21.4. The Labute approximate surface area is 181 Å².